The number of carboxylic acids is 1. The zero-order valence-corrected chi connectivity index (χ0v) is 9.81. The van der Waals surface area contributed by atoms with E-state index in [4.69, 9.17) is 27.3 Å². The first kappa shape index (κ1) is 11.8. The average molecular weight is 255 g/mol. The smallest absolute Gasteiger partial charge is 0.339 e. The van der Waals surface area contributed by atoms with Crippen LogP contribution in [0.4, 0.5) is 0 Å². The van der Waals surface area contributed by atoms with E-state index in [9.17, 15) is 4.79 Å². The number of benzene rings is 1. The number of hydrogen-bond donors (Lipinski definition) is 2. The minimum atomic E-state index is -1.11. The van der Waals surface area contributed by atoms with Crippen molar-refractivity contribution < 1.29 is 14.7 Å². The number of hydrogen-bond acceptors (Lipinski definition) is 4. The molecule has 17 heavy (non-hydrogen) atoms. The maximum atomic E-state index is 11.2. The highest BCUT2D eigenvalue weighted by molar-refractivity contribution is 6.31. The van der Waals surface area contributed by atoms with Crippen LogP contribution in [0.1, 0.15) is 11.6 Å². The van der Waals surface area contributed by atoms with Gasteiger partial charge in [0.25, 0.3) is 0 Å². The van der Waals surface area contributed by atoms with Crippen molar-refractivity contribution in [3.8, 4) is 0 Å². The Morgan fingerprint density at radius 1 is 1.53 bits per heavy atom. The Bertz CT molecular complexity index is 501. The van der Waals surface area contributed by atoms with Gasteiger partial charge in [0.15, 0.2) is 0 Å². The number of hydroxylamine groups is 2. The van der Waals surface area contributed by atoms with E-state index in [1.807, 2.05) is 0 Å². The summed E-state index contributed by atoms with van der Waals surface area (Å²) in [5, 5.41) is 11.0. The summed E-state index contributed by atoms with van der Waals surface area (Å²) in [6.45, 7) is 0. The molecule has 1 aliphatic heterocycles. The third-order valence-corrected chi connectivity index (χ3v) is 2.92. The summed E-state index contributed by atoms with van der Waals surface area (Å²) in [6, 6.07) is 6.40. The molecule has 1 aromatic rings. The summed E-state index contributed by atoms with van der Waals surface area (Å²) in [5.41, 5.74) is 6.19. The number of nitrogens with zero attached hydrogens (tertiary/aromatic N) is 1. The zero-order valence-electron chi connectivity index (χ0n) is 9.05. The first-order valence-electron chi connectivity index (χ1n) is 4.90. The molecule has 1 heterocycles. The van der Waals surface area contributed by atoms with Gasteiger partial charge in [-0.3, -0.25) is 0 Å². The fourth-order valence-electron chi connectivity index (χ4n) is 1.84. The lowest BCUT2D eigenvalue weighted by Gasteiger charge is -2.20. The molecule has 1 aliphatic rings. The molecule has 6 heteroatoms. The van der Waals surface area contributed by atoms with Gasteiger partial charge in [0, 0.05) is 12.1 Å². The lowest BCUT2D eigenvalue weighted by Crippen LogP contribution is -2.22. The SMILES string of the molecule is CN1OC(N)=C(C(=O)O)C1c1ccccc1Cl. The van der Waals surface area contributed by atoms with Gasteiger partial charge in [0.2, 0.25) is 5.88 Å². The molecule has 0 fully saturated rings. The van der Waals surface area contributed by atoms with Crippen LogP contribution in [-0.2, 0) is 9.63 Å². The minimum Gasteiger partial charge on any atom is -0.478 e. The van der Waals surface area contributed by atoms with Crippen LogP contribution in [0.25, 0.3) is 0 Å². The lowest BCUT2D eigenvalue weighted by molar-refractivity contribution is -0.134. The Morgan fingerprint density at radius 3 is 2.76 bits per heavy atom. The van der Waals surface area contributed by atoms with Crippen molar-refractivity contribution in [2.24, 2.45) is 5.73 Å². The summed E-state index contributed by atoms with van der Waals surface area (Å²) in [6.07, 6.45) is 0. The minimum absolute atomic E-state index is 0.000556. The van der Waals surface area contributed by atoms with Gasteiger partial charge in [-0.15, -0.1) is 5.06 Å². The fraction of sp³-hybridized carbons (Fsp3) is 0.182. The van der Waals surface area contributed by atoms with Gasteiger partial charge in [0.1, 0.15) is 11.6 Å². The van der Waals surface area contributed by atoms with Crippen molar-refractivity contribution in [2.45, 2.75) is 6.04 Å². The molecule has 0 aliphatic carbocycles. The number of likely N-dealkylation sites (N-methyl/N-ethyl adjacent to an activating group) is 1. The normalized spacial score (nSPS) is 20.5. The Kier molecular flexibility index (Phi) is 2.95. The molecule has 1 atom stereocenters. The molecule has 0 spiro atoms. The van der Waals surface area contributed by atoms with Crippen molar-refractivity contribution in [1.82, 2.24) is 5.06 Å². The molecule has 0 saturated carbocycles. The van der Waals surface area contributed by atoms with Crippen molar-refractivity contribution in [1.29, 1.82) is 0 Å². The Labute approximate surface area is 103 Å². The molecule has 5 nitrogen and oxygen atoms in total. The first-order valence-corrected chi connectivity index (χ1v) is 5.28. The van der Waals surface area contributed by atoms with Gasteiger partial charge in [-0.2, -0.15) is 0 Å². The highest BCUT2D eigenvalue weighted by atomic mass is 35.5. The van der Waals surface area contributed by atoms with E-state index in [1.54, 1.807) is 31.3 Å². The van der Waals surface area contributed by atoms with Gasteiger partial charge in [-0.25, -0.2) is 4.79 Å². The molecule has 3 N–H and O–H groups in total. The fourth-order valence-corrected chi connectivity index (χ4v) is 2.08. The number of nitrogens with two attached hydrogens (primary N) is 1. The van der Waals surface area contributed by atoms with Crippen LogP contribution in [0.2, 0.25) is 5.02 Å². The lowest BCUT2D eigenvalue weighted by atomic mass is 9.99. The van der Waals surface area contributed by atoms with Gasteiger partial charge in [0.05, 0.1) is 0 Å². The van der Waals surface area contributed by atoms with Gasteiger partial charge in [-0.1, -0.05) is 29.8 Å². The van der Waals surface area contributed by atoms with Crippen LogP contribution in [-0.4, -0.2) is 23.2 Å². The van der Waals surface area contributed by atoms with Gasteiger partial charge in [-0.05, 0) is 11.6 Å². The monoisotopic (exact) mass is 254 g/mol. The predicted molar refractivity (Wildman–Crippen MR) is 61.9 cm³/mol. The molecule has 1 aromatic carbocycles. The maximum absolute atomic E-state index is 11.2. The standard InChI is InChI=1S/C11H11ClN2O3/c1-14-9(6-4-2-3-5-7(6)12)8(11(15)16)10(13)17-14/h2-5,9H,13H2,1H3,(H,15,16). The highest BCUT2D eigenvalue weighted by Gasteiger charge is 2.38. The van der Waals surface area contributed by atoms with E-state index in [1.165, 1.54) is 5.06 Å². The van der Waals surface area contributed by atoms with Crippen LogP contribution in [0.5, 0.6) is 0 Å². The van der Waals surface area contributed by atoms with Crippen LogP contribution in [0.15, 0.2) is 35.7 Å². The quantitative estimate of drug-likeness (QED) is 0.837. The van der Waals surface area contributed by atoms with E-state index >= 15 is 0 Å². The van der Waals surface area contributed by atoms with Crippen LogP contribution in [0.3, 0.4) is 0 Å². The Morgan fingerprint density at radius 2 is 2.18 bits per heavy atom. The van der Waals surface area contributed by atoms with Crippen LogP contribution in [0, 0.1) is 0 Å². The van der Waals surface area contributed by atoms with E-state index < -0.39 is 12.0 Å². The van der Waals surface area contributed by atoms with Crippen molar-refractivity contribution >= 4 is 17.6 Å². The van der Waals surface area contributed by atoms with Crippen molar-refractivity contribution in [2.75, 3.05) is 7.05 Å². The topological polar surface area (TPSA) is 75.8 Å². The van der Waals surface area contributed by atoms with E-state index in [-0.39, 0.29) is 11.5 Å². The second kappa shape index (κ2) is 4.27. The molecular formula is C11H11ClN2O3. The summed E-state index contributed by atoms with van der Waals surface area (Å²) >= 11 is 6.05. The summed E-state index contributed by atoms with van der Waals surface area (Å²) in [7, 11) is 1.61. The summed E-state index contributed by atoms with van der Waals surface area (Å²) in [4.78, 5) is 16.3. The predicted octanol–water partition coefficient (Wildman–Crippen LogP) is 1.51. The summed E-state index contributed by atoms with van der Waals surface area (Å²) < 4.78 is 0. The number of rotatable bonds is 2. The third kappa shape index (κ3) is 1.94. The average Bonchev–Trinajstić information content (AvgIpc) is 2.54. The maximum Gasteiger partial charge on any atom is 0.339 e. The molecule has 90 valence electrons. The molecule has 0 bridgehead atoms. The number of carboxylic acid groups (broad SMARTS) is 1. The molecule has 0 amide bonds. The third-order valence-electron chi connectivity index (χ3n) is 2.58. The Balaban J connectivity index is 2.51. The van der Waals surface area contributed by atoms with Crippen molar-refractivity contribution in [3.63, 3.8) is 0 Å². The highest BCUT2D eigenvalue weighted by Crippen LogP contribution is 2.38. The number of carbonyl (C=O) groups is 1. The summed E-state index contributed by atoms with van der Waals surface area (Å²) in [5.74, 6) is -1.22. The molecule has 0 saturated heterocycles. The van der Waals surface area contributed by atoms with Crippen LogP contribution < -0.4 is 5.73 Å². The first-order chi connectivity index (χ1) is 8.02. The second-order valence-corrected chi connectivity index (χ2v) is 4.05. The molecule has 1 unspecified atom stereocenters. The second-order valence-electron chi connectivity index (χ2n) is 3.64. The van der Waals surface area contributed by atoms with Crippen molar-refractivity contribution in [3.05, 3.63) is 46.3 Å². The number of aliphatic carboxylic acids is 1. The zero-order chi connectivity index (χ0) is 12.6. The largest absolute Gasteiger partial charge is 0.478 e. The molecule has 0 radical (unpaired) electrons. The van der Waals surface area contributed by atoms with Gasteiger partial charge >= 0.3 is 5.97 Å². The van der Waals surface area contributed by atoms with E-state index in [0.717, 1.165) is 0 Å². The van der Waals surface area contributed by atoms with E-state index in [0.29, 0.717) is 10.6 Å². The van der Waals surface area contributed by atoms with Gasteiger partial charge < -0.3 is 15.7 Å². The number of halogens is 1. The molecule has 2 rings (SSSR count). The van der Waals surface area contributed by atoms with E-state index in [2.05, 4.69) is 0 Å². The Hall–Kier alpha value is -1.72. The molecule has 0 aromatic heterocycles. The van der Waals surface area contributed by atoms with Crippen LogP contribution >= 0.6 is 11.6 Å². The molecular weight excluding hydrogens is 244 g/mol.